The van der Waals surface area contributed by atoms with Crippen LogP contribution in [-0.2, 0) is 11.2 Å². The summed E-state index contributed by atoms with van der Waals surface area (Å²) in [5.74, 6) is 0.344. The number of benzene rings is 1. The first kappa shape index (κ1) is 16.3. The Kier molecular flexibility index (Phi) is 6.52. The molecule has 21 heavy (non-hydrogen) atoms. The van der Waals surface area contributed by atoms with Crippen molar-refractivity contribution in [1.82, 2.24) is 5.32 Å². The zero-order chi connectivity index (χ0) is 15.1. The quantitative estimate of drug-likeness (QED) is 0.847. The lowest BCUT2D eigenvalue weighted by atomic mass is 9.85. The summed E-state index contributed by atoms with van der Waals surface area (Å²) < 4.78 is 0. The van der Waals surface area contributed by atoms with Gasteiger partial charge in [0.05, 0.1) is 6.10 Å². The van der Waals surface area contributed by atoms with E-state index in [-0.39, 0.29) is 5.91 Å². The molecule has 1 fully saturated rings. The molecule has 0 bridgehead atoms. The van der Waals surface area contributed by atoms with Gasteiger partial charge >= 0.3 is 0 Å². The number of nitrogens with one attached hydrogen (secondary N) is 1. The molecule has 0 aromatic heterocycles. The van der Waals surface area contributed by atoms with Crippen molar-refractivity contribution in [2.24, 2.45) is 5.92 Å². The third-order valence-electron chi connectivity index (χ3n) is 4.23. The fourth-order valence-corrected chi connectivity index (χ4v) is 3.16. The van der Waals surface area contributed by atoms with Gasteiger partial charge in [-0.1, -0.05) is 43.0 Å². The van der Waals surface area contributed by atoms with Gasteiger partial charge in [-0.05, 0) is 42.9 Å². The van der Waals surface area contributed by atoms with Crippen LogP contribution in [0.2, 0.25) is 5.02 Å². The molecule has 116 valence electrons. The number of halogens is 1. The normalized spacial score (nSPS) is 17.4. The summed E-state index contributed by atoms with van der Waals surface area (Å²) in [4.78, 5) is 11.8. The third-order valence-corrected chi connectivity index (χ3v) is 4.47. The summed E-state index contributed by atoms with van der Waals surface area (Å²) in [7, 11) is 0. The predicted molar refractivity (Wildman–Crippen MR) is 85.4 cm³/mol. The molecule has 1 unspecified atom stereocenters. The number of carbonyl (C=O) groups is 1. The van der Waals surface area contributed by atoms with E-state index in [2.05, 4.69) is 5.32 Å². The van der Waals surface area contributed by atoms with E-state index < -0.39 is 6.10 Å². The highest BCUT2D eigenvalue weighted by Crippen LogP contribution is 2.26. The lowest BCUT2D eigenvalue weighted by molar-refractivity contribution is -0.121. The van der Waals surface area contributed by atoms with Gasteiger partial charge < -0.3 is 10.4 Å². The Morgan fingerprint density at radius 1 is 1.33 bits per heavy atom. The van der Waals surface area contributed by atoms with Crippen molar-refractivity contribution in [2.45, 2.75) is 51.0 Å². The maximum Gasteiger partial charge on any atom is 0.220 e. The van der Waals surface area contributed by atoms with E-state index in [1.165, 1.54) is 19.3 Å². The molecule has 1 aromatic carbocycles. The van der Waals surface area contributed by atoms with E-state index in [0.29, 0.717) is 30.3 Å². The highest BCUT2D eigenvalue weighted by atomic mass is 35.5. The van der Waals surface area contributed by atoms with Gasteiger partial charge in [0, 0.05) is 18.0 Å². The van der Waals surface area contributed by atoms with Gasteiger partial charge in [0.2, 0.25) is 5.91 Å². The zero-order valence-electron chi connectivity index (χ0n) is 12.4. The van der Waals surface area contributed by atoms with E-state index in [0.717, 1.165) is 18.4 Å². The number of rotatable bonds is 6. The molecule has 0 heterocycles. The molecule has 3 nitrogen and oxygen atoms in total. The molecule has 1 atom stereocenters. The Labute approximate surface area is 131 Å². The average Bonchev–Trinajstić information content (AvgIpc) is 2.51. The van der Waals surface area contributed by atoms with Crippen LogP contribution in [0.3, 0.4) is 0 Å². The molecule has 1 saturated carbocycles. The van der Waals surface area contributed by atoms with Crippen LogP contribution in [0, 0.1) is 5.92 Å². The minimum absolute atomic E-state index is 0.00941. The highest BCUT2D eigenvalue weighted by molar-refractivity contribution is 6.30. The van der Waals surface area contributed by atoms with Crippen LogP contribution in [0.5, 0.6) is 0 Å². The van der Waals surface area contributed by atoms with Crippen LogP contribution in [-0.4, -0.2) is 23.7 Å². The third kappa shape index (κ3) is 5.68. The second-order valence-electron chi connectivity index (χ2n) is 5.90. The summed E-state index contributed by atoms with van der Waals surface area (Å²) in [5.41, 5.74) is 1.06. The molecule has 1 aromatic rings. The number of carbonyl (C=O) groups excluding carboxylic acids is 1. The minimum Gasteiger partial charge on any atom is -0.391 e. The smallest absolute Gasteiger partial charge is 0.220 e. The van der Waals surface area contributed by atoms with Gasteiger partial charge in [-0.2, -0.15) is 0 Å². The van der Waals surface area contributed by atoms with Crippen LogP contribution >= 0.6 is 11.6 Å². The topological polar surface area (TPSA) is 49.3 Å². The fourth-order valence-electron chi connectivity index (χ4n) is 2.94. The molecule has 0 spiro atoms. The first-order valence-corrected chi connectivity index (χ1v) is 8.22. The van der Waals surface area contributed by atoms with Crippen molar-refractivity contribution in [2.75, 3.05) is 6.54 Å². The molecule has 0 radical (unpaired) electrons. The number of hydrogen-bond acceptors (Lipinski definition) is 2. The molecule has 1 amide bonds. The van der Waals surface area contributed by atoms with Gasteiger partial charge in [-0.3, -0.25) is 4.79 Å². The van der Waals surface area contributed by atoms with Crippen molar-refractivity contribution in [1.29, 1.82) is 0 Å². The van der Waals surface area contributed by atoms with Crippen LogP contribution in [0.15, 0.2) is 24.3 Å². The standard InChI is InChI=1S/C17H24ClNO2/c18-15-8-4-5-13(11-15)9-10-17(21)19-12-16(20)14-6-2-1-3-7-14/h4-5,8,11,14,16,20H,1-3,6-7,9-10,12H2,(H,19,21). The van der Waals surface area contributed by atoms with Crippen molar-refractivity contribution in [3.63, 3.8) is 0 Å². The molecule has 1 aliphatic carbocycles. The summed E-state index contributed by atoms with van der Waals surface area (Å²) in [6.45, 7) is 0.374. The lowest BCUT2D eigenvalue weighted by Gasteiger charge is -2.26. The Balaban J connectivity index is 1.67. The number of amides is 1. The van der Waals surface area contributed by atoms with E-state index in [4.69, 9.17) is 11.6 Å². The van der Waals surface area contributed by atoms with E-state index in [1.54, 1.807) is 0 Å². The number of aliphatic hydroxyl groups is 1. The molecule has 1 aliphatic rings. The Morgan fingerprint density at radius 2 is 2.10 bits per heavy atom. The van der Waals surface area contributed by atoms with Crippen LogP contribution < -0.4 is 5.32 Å². The van der Waals surface area contributed by atoms with Gasteiger partial charge in [0.1, 0.15) is 0 Å². The Morgan fingerprint density at radius 3 is 2.81 bits per heavy atom. The van der Waals surface area contributed by atoms with Crippen molar-refractivity contribution in [3.05, 3.63) is 34.9 Å². The Hall–Kier alpha value is -1.06. The van der Waals surface area contributed by atoms with E-state index in [1.807, 2.05) is 24.3 Å². The monoisotopic (exact) mass is 309 g/mol. The summed E-state index contributed by atoms with van der Waals surface area (Å²) in [6.07, 6.45) is 6.53. The SMILES string of the molecule is O=C(CCc1cccc(Cl)c1)NCC(O)C1CCCCC1. The summed E-state index contributed by atoms with van der Waals surface area (Å²) in [6, 6.07) is 7.57. The van der Waals surface area contributed by atoms with Crippen molar-refractivity contribution >= 4 is 17.5 Å². The van der Waals surface area contributed by atoms with Crippen LogP contribution in [0.1, 0.15) is 44.1 Å². The molecular formula is C17H24ClNO2. The van der Waals surface area contributed by atoms with E-state index in [9.17, 15) is 9.90 Å². The summed E-state index contributed by atoms with van der Waals surface area (Å²) in [5, 5.41) is 13.6. The van der Waals surface area contributed by atoms with Crippen LogP contribution in [0.25, 0.3) is 0 Å². The van der Waals surface area contributed by atoms with Crippen LogP contribution in [0.4, 0.5) is 0 Å². The lowest BCUT2D eigenvalue weighted by Crippen LogP contribution is -2.37. The maximum atomic E-state index is 11.8. The number of hydrogen-bond donors (Lipinski definition) is 2. The van der Waals surface area contributed by atoms with E-state index >= 15 is 0 Å². The molecule has 0 saturated heterocycles. The number of aryl methyl sites for hydroxylation is 1. The first-order chi connectivity index (χ1) is 10.1. The molecular weight excluding hydrogens is 286 g/mol. The second-order valence-corrected chi connectivity index (χ2v) is 6.34. The maximum absolute atomic E-state index is 11.8. The predicted octanol–water partition coefficient (Wildman–Crippen LogP) is 3.33. The minimum atomic E-state index is -0.402. The van der Waals surface area contributed by atoms with Crippen molar-refractivity contribution in [3.8, 4) is 0 Å². The zero-order valence-corrected chi connectivity index (χ0v) is 13.1. The molecule has 2 rings (SSSR count). The van der Waals surface area contributed by atoms with Crippen molar-refractivity contribution < 1.29 is 9.90 Å². The average molecular weight is 310 g/mol. The van der Waals surface area contributed by atoms with Gasteiger partial charge in [0.15, 0.2) is 0 Å². The molecule has 2 N–H and O–H groups in total. The highest BCUT2D eigenvalue weighted by Gasteiger charge is 2.21. The van der Waals surface area contributed by atoms with Gasteiger partial charge in [-0.15, -0.1) is 0 Å². The van der Waals surface area contributed by atoms with Gasteiger partial charge in [-0.25, -0.2) is 0 Å². The molecule has 0 aliphatic heterocycles. The fraction of sp³-hybridized carbons (Fsp3) is 0.588. The largest absolute Gasteiger partial charge is 0.391 e. The Bertz CT molecular complexity index is 458. The van der Waals surface area contributed by atoms with Gasteiger partial charge in [0.25, 0.3) is 0 Å². The molecule has 4 heteroatoms. The second kappa shape index (κ2) is 8.40. The summed E-state index contributed by atoms with van der Waals surface area (Å²) >= 11 is 5.92. The first-order valence-electron chi connectivity index (χ1n) is 7.84. The number of aliphatic hydroxyl groups excluding tert-OH is 1.